The molecule has 2 heterocycles. The molecule has 0 bridgehead atoms. The molecule has 1 aliphatic heterocycles. The van der Waals surface area contributed by atoms with Gasteiger partial charge in [0.25, 0.3) is 5.91 Å². The van der Waals surface area contributed by atoms with Crippen molar-refractivity contribution in [3.63, 3.8) is 0 Å². The van der Waals surface area contributed by atoms with E-state index in [4.69, 9.17) is 4.74 Å². The number of carbonyl (C=O) groups is 1. The molecule has 2 aromatic rings. The zero-order chi connectivity index (χ0) is 13.9. The lowest BCUT2D eigenvalue weighted by atomic mass is 10.1. The van der Waals surface area contributed by atoms with Crippen LogP contribution in [-0.2, 0) is 4.74 Å². The van der Waals surface area contributed by atoms with Gasteiger partial charge in [-0.05, 0) is 19.1 Å². The summed E-state index contributed by atoms with van der Waals surface area (Å²) in [6, 6.07) is 9.33. The van der Waals surface area contributed by atoms with Crippen molar-refractivity contribution in [2.45, 2.75) is 13.0 Å². The van der Waals surface area contributed by atoms with Crippen molar-refractivity contribution < 1.29 is 9.53 Å². The fraction of sp³-hybridized carbons (Fsp3) is 0.333. The van der Waals surface area contributed by atoms with E-state index in [2.05, 4.69) is 9.97 Å². The molecular formula is C15H17N3O2. The zero-order valence-electron chi connectivity index (χ0n) is 11.4. The molecule has 3 rings (SSSR count). The quantitative estimate of drug-likeness (QED) is 0.908. The van der Waals surface area contributed by atoms with Crippen LogP contribution in [0.5, 0.6) is 0 Å². The maximum atomic E-state index is 12.4. The van der Waals surface area contributed by atoms with Gasteiger partial charge in [-0.1, -0.05) is 18.2 Å². The van der Waals surface area contributed by atoms with Gasteiger partial charge in [-0.3, -0.25) is 4.79 Å². The third-order valence-electron chi connectivity index (χ3n) is 3.40. The Bertz CT molecular complexity index is 594. The topological polar surface area (TPSA) is 58.2 Å². The fourth-order valence-corrected chi connectivity index (χ4v) is 2.36. The molecule has 1 aliphatic rings. The Kier molecular flexibility index (Phi) is 3.52. The van der Waals surface area contributed by atoms with Crippen LogP contribution in [0.1, 0.15) is 28.0 Å². The number of morpholine rings is 1. The maximum absolute atomic E-state index is 12.4. The average molecular weight is 271 g/mol. The van der Waals surface area contributed by atoms with Gasteiger partial charge in [0.05, 0.1) is 13.2 Å². The molecule has 5 nitrogen and oxygen atoms in total. The van der Waals surface area contributed by atoms with Crippen molar-refractivity contribution in [2.24, 2.45) is 0 Å². The number of nitrogens with zero attached hydrogens (tertiary/aromatic N) is 2. The highest BCUT2D eigenvalue weighted by Gasteiger charge is 2.27. The SMILES string of the molecule is Cc1cnc([C@@H]2CN(C(=O)c3ccccc3)CCO2)[nH]1. The van der Waals surface area contributed by atoms with Crippen LogP contribution in [0.25, 0.3) is 0 Å². The van der Waals surface area contributed by atoms with Crippen molar-refractivity contribution in [1.82, 2.24) is 14.9 Å². The molecule has 0 spiro atoms. The van der Waals surface area contributed by atoms with Crippen LogP contribution in [0.15, 0.2) is 36.5 Å². The first-order valence-corrected chi connectivity index (χ1v) is 6.71. The summed E-state index contributed by atoms with van der Waals surface area (Å²) in [7, 11) is 0. The molecule has 0 aliphatic carbocycles. The van der Waals surface area contributed by atoms with Crippen molar-refractivity contribution in [3.8, 4) is 0 Å². The van der Waals surface area contributed by atoms with Crippen molar-refractivity contribution >= 4 is 5.91 Å². The van der Waals surface area contributed by atoms with Crippen molar-refractivity contribution in [2.75, 3.05) is 19.7 Å². The number of rotatable bonds is 2. The van der Waals surface area contributed by atoms with E-state index >= 15 is 0 Å². The summed E-state index contributed by atoms with van der Waals surface area (Å²) in [5, 5.41) is 0. The third kappa shape index (κ3) is 2.58. The van der Waals surface area contributed by atoms with Crippen LogP contribution in [-0.4, -0.2) is 40.5 Å². The van der Waals surface area contributed by atoms with E-state index in [0.29, 0.717) is 25.3 Å². The fourth-order valence-electron chi connectivity index (χ4n) is 2.36. The first-order valence-electron chi connectivity index (χ1n) is 6.71. The van der Waals surface area contributed by atoms with E-state index < -0.39 is 0 Å². The summed E-state index contributed by atoms with van der Waals surface area (Å²) in [6.07, 6.45) is 1.60. The summed E-state index contributed by atoms with van der Waals surface area (Å²) in [4.78, 5) is 21.7. The van der Waals surface area contributed by atoms with Crippen LogP contribution < -0.4 is 0 Å². The zero-order valence-corrected chi connectivity index (χ0v) is 11.4. The molecular weight excluding hydrogens is 254 g/mol. The number of hydrogen-bond donors (Lipinski definition) is 1. The number of amides is 1. The molecule has 1 atom stereocenters. The van der Waals surface area contributed by atoms with Crippen LogP contribution in [0.2, 0.25) is 0 Å². The van der Waals surface area contributed by atoms with E-state index in [1.165, 1.54) is 0 Å². The van der Waals surface area contributed by atoms with Crippen LogP contribution in [0.3, 0.4) is 0 Å². The second kappa shape index (κ2) is 5.46. The molecule has 0 saturated carbocycles. The molecule has 1 aromatic carbocycles. The number of aryl methyl sites for hydroxylation is 1. The summed E-state index contributed by atoms with van der Waals surface area (Å²) in [6.45, 7) is 3.62. The minimum absolute atomic E-state index is 0.0437. The maximum Gasteiger partial charge on any atom is 0.254 e. The first-order chi connectivity index (χ1) is 9.74. The molecule has 0 unspecified atom stereocenters. The van der Waals surface area contributed by atoms with E-state index in [1.807, 2.05) is 42.2 Å². The number of ether oxygens (including phenoxy) is 1. The van der Waals surface area contributed by atoms with Gasteiger partial charge >= 0.3 is 0 Å². The molecule has 1 aromatic heterocycles. The molecule has 1 amide bonds. The van der Waals surface area contributed by atoms with Crippen LogP contribution in [0.4, 0.5) is 0 Å². The predicted molar refractivity (Wildman–Crippen MR) is 74.4 cm³/mol. The first kappa shape index (κ1) is 12.9. The number of hydrogen-bond acceptors (Lipinski definition) is 3. The Balaban J connectivity index is 1.74. The van der Waals surface area contributed by atoms with E-state index in [-0.39, 0.29) is 12.0 Å². The van der Waals surface area contributed by atoms with Crippen molar-refractivity contribution in [1.29, 1.82) is 0 Å². The third-order valence-corrected chi connectivity index (χ3v) is 3.40. The number of carbonyl (C=O) groups excluding carboxylic acids is 1. The van der Waals surface area contributed by atoms with Crippen LogP contribution >= 0.6 is 0 Å². The second-order valence-corrected chi connectivity index (χ2v) is 4.93. The number of aromatic nitrogens is 2. The monoisotopic (exact) mass is 271 g/mol. The van der Waals surface area contributed by atoms with Gasteiger partial charge < -0.3 is 14.6 Å². The lowest BCUT2D eigenvalue weighted by molar-refractivity contribution is -0.0264. The van der Waals surface area contributed by atoms with Gasteiger partial charge in [-0.15, -0.1) is 0 Å². The lowest BCUT2D eigenvalue weighted by Crippen LogP contribution is -2.42. The van der Waals surface area contributed by atoms with Gasteiger partial charge in [0.15, 0.2) is 0 Å². The number of nitrogens with one attached hydrogen (secondary N) is 1. The van der Waals surface area contributed by atoms with E-state index in [1.54, 1.807) is 6.20 Å². The smallest absolute Gasteiger partial charge is 0.254 e. The molecule has 20 heavy (non-hydrogen) atoms. The molecule has 1 N–H and O–H groups in total. The minimum atomic E-state index is -0.176. The highest BCUT2D eigenvalue weighted by atomic mass is 16.5. The van der Waals surface area contributed by atoms with Gasteiger partial charge in [-0.2, -0.15) is 0 Å². The number of benzene rings is 1. The van der Waals surface area contributed by atoms with Gasteiger partial charge in [-0.25, -0.2) is 4.98 Å². The standard InChI is InChI=1S/C15H17N3O2/c1-11-9-16-14(17-11)13-10-18(7-8-20-13)15(19)12-5-3-2-4-6-12/h2-6,9,13H,7-8,10H2,1H3,(H,16,17)/t13-/m0/s1. The number of imidazole rings is 1. The largest absolute Gasteiger partial charge is 0.367 e. The summed E-state index contributed by atoms with van der Waals surface area (Å²) >= 11 is 0. The van der Waals surface area contributed by atoms with Crippen LogP contribution in [0, 0.1) is 6.92 Å². The van der Waals surface area contributed by atoms with Gasteiger partial charge in [0.2, 0.25) is 0 Å². The Hall–Kier alpha value is -2.14. The van der Waals surface area contributed by atoms with E-state index in [9.17, 15) is 4.79 Å². The Labute approximate surface area is 117 Å². The summed E-state index contributed by atoms with van der Waals surface area (Å²) in [5.41, 5.74) is 1.71. The highest BCUT2D eigenvalue weighted by molar-refractivity contribution is 5.94. The summed E-state index contributed by atoms with van der Waals surface area (Å²) < 4.78 is 5.71. The summed E-state index contributed by atoms with van der Waals surface area (Å²) in [5.74, 6) is 0.829. The molecule has 5 heteroatoms. The van der Waals surface area contributed by atoms with Crippen molar-refractivity contribution in [3.05, 3.63) is 53.6 Å². The van der Waals surface area contributed by atoms with E-state index in [0.717, 1.165) is 11.5 Å². The average Bonchev–Trinajstić information content (AvgIpc) is 2.94. The highest BCUT2D eigenvalue weighted by Crippen LogP contribution is 2.21. The normalized spacial score (nSPS) is 19.1. The number of H-pyrrole nitrogens is 1. The molecule has 1 fully saturated rings. The Morgan fingerprint density at radius 3 is 2.90 bits per heavy atom. The molecule has 104 valence electrons. The van der Waals surface area contributed by atoms with Gasteiger partial charge in [0, 0.05) is 24.0 Å². The lowest BCUT2D eigenvalue weighted by Gasteiger charge is -2.32. The Morgan fingerprint density at radius 2 is 2.20 bits per heavy atom. The molecule has 1 saturated heterocycles. The Morgan fingerprint density at radius 1 is 1.40 bits per heavy atom. The predicted octanol–water partition coefficient (Wildman–Crippen LogP) is 1.93. The second-order valence-electron chi connectivity index (χ2n) is 4.93. The van der Waals surface area contributed by atoms with Gasteiger partial charge in [0.1, 0.15) is 11.9 Å². The number of aromatic amines is 1. The minimum Gasteiger partial charge on any atom is -0.367 e. The molecule has 0 radical (unpaired) electrons.